The highest BCUT2D eigenvalue weighted by atomic mass is 16.1. The van der Waals surface area contributed by atoms with Crippen LogP contribution in [0.15, 0.2) is 55.5 Å². The zero-order valence-electron chi connectivity index (χ0n) is 16.7. The number of fused-ring (bicyclic) bond motifs is 4. The zero-order chi connectivity index (χ0) is 20.8. The van der Waals surface area contributed by atoms with Crippen molar-refractivity contribution in [1.29, 1.82) is 0 Å². The molecule has 0 aliphatic carbocycles. The van der Waals surface area contributed by atoms with Gasteiger partial charge in [0.2, 0.25) is 5.91 Å². The van der Waals surface area contributed by atoms with Gasteiger partial charge in [-0.1, -0.05) is 31.7 Å². The van der Waals surface area contributed by atoms with Crippen LogP contribution in [0.3, 0.4) is 0 Å². The number of benzene rings is 1. The third-order valence-electron chi connectivity index (χ3n) is 5.83. The fourth-order valence-electron chi connectivity index (χ4n) is 4.61. The van der Waals surface area contributed by atoms with Gasteiger partial charge in [0.1, 0.15) is 17.8 Å². The minimum atomic E-state index is -0.166. The van der Waals surface area contributed by atoms with E-state index in [0.29, 0.717) is 12.4 Å². The molecule has 7 nitrogen and oxygen atoms in total. The molecule has 150 valence electrons. The van der Waals surface area contributed by atoms with Crippen LogP contribution in [0.1, 0.15) is 25.0 Å². The predicted molar refractivity (Wildman–Crippen MR) is 118 cm³/mol. The number of hydrogen-bond acceptors (Lipinski definition) is 5. The van der Waals surface area contributed by atoms with Crippen molar-refractivity contribution in [2.75, 3.05) is 5.73 Å². The summed E-state index contributed by atoms with van der Waals surface area (Å²) in [4.78, 5) is 25.3. The average Bonchev–Trinajstić information content (AvgIpc) is 3.09. The first-order valence-corrected chi connectivity index (χ1v) is 9.97. The Morgan fingerprint density at radius 3 is 2.97 bits per heavy atom. The van der Waals surface area contributed by atoms with Crippen molar-refractivity contribution in [2.45, 2.75) is 31.8 Å². The summed E-state index contributed by atoms with van der Waals surface area (Å²) in [6.45, 7) is 6.34. The van der Waals surface area contributed by atoms with E-state index in [4.69, 9.17) is 5.73 Å². The summed E-state index contributed by atoms with van der Waals surface area (Å²) >= 11 is 0. The van der Waals surface area contributed by atoms with Crippen molar-refractivity contribution in [3.8, 4) is 11.1 Å². The molecule has 7 heteroatoms. The first-order valence-electron chi connectivity index (χ1n) is 9.97. The molecule has 0 radical (unpaired) electrons. The van der Waals surface area contributed by atoms with E-state index >= 15 is 0 Å². The minimum Gasteiger partial charge on any atom is -0.383 e. The van der Waals surface area contributed by atoms with Gasteiger partial charge in [-0.05, 0) is 30.5 Å². The summed E-state index contributed by atoms with van der Waals surface area (Å²) in [5.74, 6) is 0.466. The highest BCUT2D eigenvalue weighted by Crippen LogP contribution is 2.43. The molecule has 4 heterocycles. The lowest BCUT2D eigenvalue weighted by molar-refractivity contribution is -0.117. The standard InChI is InChI=1S/C23H22N6O/c1-3-18(30)28-16-8-13(2)21-19(15-9-14-6-4-5-7-17(14)25-10-15)20-22(24)26-12-27-23(20)29(21)11-16/h3-7,9-10,12-13,16H,1,8,11H2,2H3,(H,28,30)(H2,24,26,27)/t13?,16-/m0/s1. The fourth-order valence-corrected chi connectivity index (χ4v) is 4.61. The molecule has 0 saturated carbocycles. The Morgan fingerprint density at radius 2 is 2.13 bits per heavy atom. The van der Waals surface area contributed by atoms with Crippen LogP contribution in [0.4, 0.5) is 5.82 Å². The van der Waals surface area contributed by atoms with Crippen LogP contribution in [0, 0.1) is 0 Å². The summed E-state index contributed by atoms with van der Waals surface area (Å²) in [5.41, 5.74) is 11.2. The van der Waals surface area contributed by atoms with Crippen LogP contribution in [0.2, 0.25) is 0 Å². The monoisotopic (exact) mass is 398 g/mol. The van der Waals surface area contributed by atoms with Gasteiger partial charge in [0.05, 0.1) is 10.9 Å². The number of amides is 1. The predicted octanol–water partition coefficient (Wildman–Crippen LogP) is 3.41. The van der Waals surface area contributed by atoms with E-state index < -0.39 is 0 Å². The molecule has 4 aromatic rings. The van der Waals surface area contributed by atoms with Crippen LogP contribution < -0.4 is 11.1 Å². The molecule has 1 aromatic carbocycles. The van der Waals surface area contributed by atoms with Crippen molar-refractivity contribution in [3.63, 3.8) is 0 Å². The van der Waals surface area contributed by atoms with Gasteiger partial charge >= 0.3 is 0 Å². The minimum absolute atomic E-state index is 0.00707. The zero-order valence-corrected chi connectivity index (χ0v) is 16.7. The summed E-state index contributed by atoms with van der Waals surface area (Å²) < 4.78 is 2.17. The normalized spacial score (nSPS) is 18.3. The second kappa shape index (κ2) is 6.95. The van der Waals surface area contributed by atoms with Crippen LogP contribution >= 0.6 is 0 Å². The first kappa shape index (κ1) is 18.3. The number of pyridine rings is 1. The van der Waals surface area contributed by atoms with Gasteiger partial charge in [0.25, 0.3) is 0 Å². The molecule has 30 heavy (non-hydrogen) atoms. The van der Waals surface area contributed by atoms with E-state index in [1.165, 1.54) is 12.4 Å². The number of para-hydroxylation sites is 1. The Labute approximate surface area is 173 Å². The molecule has 5 rings (SSSR count). The largest absolute Gasteiger partial charge is 0.383 e. The molecule has 3 aromatic heterocycles. The van der Waals surface area contributed by atoms with Gasteiger partial charge in [-0.25, -0.2) is 9.97 Å². The second-order valence-electron chi connectivity index (χ2n) is 7.79. The van der Waals surface area contributed by atoms with Gasteiger partial charge in [-0.15, -0.1) is 0 Å². The summed E-state index contributed by atoms with van der Waals surface area (Å²) in [5, 5.41) is 4.94. The average molecular weight is 398 g/mol. The van der Waals surface area contributed by atoms with Crippen molar-refractivity contribution in [3.05, 3.63) is 61.2 Å². The van der Waals surface area contributed by atoms with Gasteiger partial charge in [-0.2, -0.15) is 0 Å². The highest BCUT2D eigenvalue weighted by Gasteiger charge is 2.32. The molecule has 0 fully saturated rings. The number of aromatic nitrogens is 4. The number of anilines is 1. The Hall–Kier alpha value is -3.74. The van der Waals surface area contributed by atoms with E-state index in [-0.39, 0.29) is 17.9 Å². The summed E-state index contributed by atoms with van der Waals surface area (Å²) in [7, 11) is 0. The molecule has 0 bridgehead atoms. The molecule has 1 unspecified atom stereocenters. The molecular weight excluding hydrogens is 376 g/mol. The maximum Gasteiger partial charge on any atom is 0.243 e. The first-order chi connectivity index (χ1) is 14.6. The fraction of sp³-hybridized carbons (Fsp3) is 0.217. The molecule has 0 saturated heterocycles. The molecule has 3 N–H and O–H groups in total. The number of carbonyl (C=O) groups excluding carboxylic acids is 1. The molecule has 1 aliphatic rings. The molecule has 1 aliphatic heterocycles. The maximum atomic E-state index is 11.9. The highest BCUT2D eigenvalue weighted by molar-refractivity contribution is 6.03. The smallest absolute Gasteiger partial charge is 0.243 e. The van der Waals surface area contributed by atoms with Crippen molar-refractivity contribution in [1.82, 2.24) is 24.8 Å². The van der Waals surface area contributed by atoms with Crippen LogP contribution in [0.5, 0.6) is 0 Å². The lowest BCUT2D eigenvalue weighted by Crippen LogP contribution is -2.41. The number of nitrogens with two attached hydrogens (primary N) is 1. The molecule has 2 atom stereocenters. The Bertz CT molecular complexity index is 1310. The Balaban J connectivity index is 1.74. The molecule has 0 spiro atoms. The topological polar surface area (TPSA) is 98.7 Å². The van der Waals surface area contributed by atoms with E-state index in [1.807, 2.05) is 24.4 Å². The third-order valence-corrected chi connectivity index (χ3v) is 5.83. The number of hydrogen-bond donors (Lipinski definition) is 2. The lowest BCUT2D eigenvalue weighted by Gasteiger charge is -2.30. The van der Waals surface area contributed by atoms with Gasteiger partial charge < -0.3 is 15.6 Å². The maximum absolute atomic E-state index is 11.9. The third kappa shape index (κ3) is 2.82. The summed E-state index contributed by atoms with van der Waals surface area (Å²) in [6.07, 6.45) is 5.50. The van der Waals surface area contributed by atoms with E-state index in [9.17, 15) is 4.79 Å². The number of carbonyl (C=O) groups is 1. The SMILES string of the molecule is C=CC(=O)N[C@H]1CC(C)c2c(-c3cnc4ccccc4c3)c3c(N)ncnc3n2C1. The Kier molecular flexibility index (Phi) is 4.24. The summed E-state index contributed by atoms with van der Waals surface area (Å²) in [6, 6.07) is 10.2. The van der Waals surface area contributed by atoms with Gasteiger partial charge in [-0.3, -0.25) is 9.78 Å². The number of nitrogens with zero attached hydrogens (tertiary/aromatic N) is 4. The molecule has 1 amide bonds. The van der Waals surface area contributed by atoms with Crippen molar-refractivity contribution < 1.29 is 4.79 Å². The number of rotatable bonds is 3. The van der Waals surface area contributed by atoms with Crippen LogP contribution in [-0.4, -0.2) is 31.5 Å². The van der Waals surface area contributed by atoms with Crippen LogP contribution in [-0.2, 0) is 11.3 Å². The molecular formula is C23H22N6O. The van der Waals surface area contributed by atoms with Gasteiger partial charge in [0, 0.05) is 41.0 Å². The number of nitrogens with one attached hydrogen (secondary N) is 1. The Morgan fingerprint density at radius 1 is 1.30 bits per heavy atom. The van der Waals surface area contributed by atoms with E-state index in [0.717, 1.165) is 45.2 Å². The quantitative estimate of drug-likeness (QED) is 0.515. The number of nitrogen functional groups attached to an aromatic ring is 1. The lowest BCUT2D eigenvalue weighted by atomic mass is 9.89. The van der Waals surface area contributed by atoms with Crippen molar-refractivity contribution >= 4 is 33.7 Å². The van der Waals surface area contributed by atoms with Gasteiger partial charge in [0.15, 0.2) is 0 Å². The van der Waals surface area contributed by atoms with Crippen LogP contribution in [0.25, 0.3) is 33.1 Å². The van der Waals surface area contributed by atoms with E-state index in [1.54, 1.807) is 0 Å². The second-order valence-corrected chi connectivity index (χ2v) is 7.79. The van der Waals surface area contributed by atoms with Crippen molar-refractivity contribution in [2.24, 2.45) is 0 Å². The van der Waals surface area contributed by atoms with E-state index in [2.05, 4.69) is 50.5 Å².